The Kier molecular flexibility index (Phi) is 7.93. The van der Waals surface area contributed by atoms with Crippen LogP contribution in [0, 0.1) is 14.9 Å². The van der Waals surface area contributed by atoms with Gasteiger partial charge in [0.1, 0.15) is 24.0 Å². The van der Waals surface area contributed by atoms with Gasteiger partial charge in [-0.15, -0.1) is 0 Å². The van der Waals surface area contributed by atoms with Crippen molar-refractivity contribution < 1.29 is 19.0 Å². The Hall–Kier alpha value is -2.41. The highest BCUT2D eigenvalue weighted by Crippen LogP contribution is 2.44. The third kappa shape index (κ3) is 5.14. The predicted molar refractivity (Wildman–Crippen MR) is 130 cm³/mol. The van der Waals surface area contributed by atoms with Crippen molar-refractivity contribution in [1.29, 1.82) is 5.26 Å². The number of halogens is 3. The third-order valence-corrected chi connectivity index (χ3v) is 6.03. The van der Waals surface area contributed by atoms with E-state index in [0.29, 0.717) is 11.3 Å². The van der Waals surface area contributed by atoms with Gasteiger partial charge in [-0.25, -0.2) is 4.79 Å². The number of carbonyl (C=O) groups excluding carboxylic acids is 1. The number of allylic oxidation sites excluding steroid dienone is 2. The number of rotatable bonds is 6. The molecule has 1 aliphatic heterocycles. The summed E-state index contributed by atoms with van der Waals surface area (Å²) in [5.74, 6) is -0.989. The highest BCUT2D eigenvalue weighted by molar-refractivity contribution is 14.1. The van der Waals surface area contributed by atoms with Gasteiger partial charge in [-0.1, -0.05) is 35.3 Å². The molecule has 0 bridgehead atoms. The Bertz CT molecular complexity index is 1130. The van der Waals surface area contributed by atoms with Crippen molar-refractivity contribution in [2.45, 2.75) is 26.4 Å². The summed E-state index contributed by atoms with van der Waals surface area (Å²) in [5, 5.41) is 10.2. The van der Waals surface area contributed by atoms with Crippen LogP contribution in [0.4, 0.5) is 0 Å². The zero-order valence-electron chi connectivity index (χ0n) is 17.2. The van der Waals surface area contributed by atoms with E-state index in [2.05, 4.69) is 22.6 Å². The van der Waals surface area contributed by atoms with Gasteiger partial charge in [0.05, 0.1) is 28.1 Å². The lowest BCUT2D eigenvalue weighted by Gasteiger charge is -2.27. The van der Waals surface area contributed by atoms with Crippen molar-refractivity contribution in [3.63, 3.8) is 0 Å². The molecule has 2 N–H and O–H groups in total. The Morgan fingerprint density at radius 3 is 2.44 bits per heavy atom. The minimum Gasteiger partial charge on any atom is -0.486 e. The molecule has 1 atom stereocenters. The lowest BCUT2D eigenvalue weighted by atomic mass is 9.83. The van der Waals surface area contributed by atoms with E-state index in [-0.39, 0.29) is 46.0 Å². The monoisotopic (exact) mass is 584 g/mol. The van der Waals surface area contributed by atoms with Crippen molar-refractivity contribution >= 4 is 51.8 Å². The first kappa shape index (κ1) is 24.2. The molecule has 2 aromatic carbocycles. The van der Waals surface area contributed by atoms with Crippen LogP contribution >= 0.6 is 45.8 Å². The summed E-state index contributed by atoms with van der Waals surface area (Å²) in [6, 6.07) is 13.1. The van der Waals surface area contributed by atoms with Crippen molar-refractivity contribution in [3.05, 3.63) is 83.9 Å². The largest absolute Gasteiger partial charge is 0.486 e. The maximum absolute atomic E-state index is 12.7. The van der Waals surface area contributed by atoms with E-state index < -0.39 is 11.9 Å². The van der Waals surface area contributed by atoms with E-state index in [1.807, 2.05) is 30.3 Å². The van der Waals surface area contributed by atoms with Crippen LogP contribution in [0.3, 0.4) is 0 Å². The van der Waals surface area contributed by atoms with Crippen LogP contribution in [-0.2, 0) is 20.9 Å². The molecule has 0 spiro atoms. The molecule has 0 saturated carbocycles. The first-order valence-corrected chi connectivity index (χ1v) is 11.4. The molecule has 6 nitrogen and oxygen atoms in total. The van der Waals surface area contributed by atoms with E-state index in [1.165, 1.54) is 0 Å². The van der Waals surface area contributed by atoms with Crippen molar-refractivity contribution in [2.75, 3.05) is 6.61 Å². The first-order valence-electron chi connectivity index (χ1n) is 9.58. The number of hydrogen-bond donors (Lipinski definition) is 1. The quantitative estimate of drug-likeness (QED) is 0.339. The zero-order valence-corrected chi connectivity index (χ0v) is 20.9. The molecule has 0 fully saturated rings. The molecular formula is C23H19Cl2IN2O4. The number of esters is 1. The van der Waals surface area contributed by atoms with E-state index in [9.17, 15) is 10.1 Å². The van der Waals surface area contributed by atoms with Gasteiger partial charge in [-0.3, -0.25) is 0 Å². The number of ether oxygens (including phenoxy) is 3. The lowest BCUT2D eigenvalue weighted by Crippen LogP contribution is -2.25. The van der Waals surface area contributed by atoms with Gasteiger partial charge in [0.25, 0.3) is 0 Å². The second-order valence-corrected chi connectivity index (χ2v) is 8.90. The zero-order chi connectivity index (χ0) is 23.4. The standard InChI is InChI=1S/C23H19Cl2IN2O4/c1-3-30-23(29)19-12(2)32-22(28)16(10-27)20(19)14-8-17(24)21(18(25)9-14)31-11-13-4-6-15(26)7-5-13/h4-9,20H,3,11,28H2,1-2H3. The molecular weight excluding hydrogens is 566 g/mol. The van der Waals surface area contributed by atoms with Crippen LogP contribution in [0.1, 0.15) is 30.9 Å². The second kappa shape index (κ2) is 10.5. The Labute approximate surface area is 209 Å². The predicted octanol–water partition coefficient (Wildman–Crippen LogP) is 5.82. The molecule has 3 rings (SSSR count). The summed E-state index contributed by atoms with van der Waals surface area (Å²) >= 11 is 15.2. The number of carbonyl (C=O) groups is 1. The van der Waals surface area contributed by atoms with Gasteiger partial charge in [-0.2, -0.15) is 5.26 Å². The maximum atomic E-state index is 12.7. The summed E-state index contributed by atoms with van der Waals surface area (Å²) in [7, 11) is 0. The molecule has 32 heavy (non-hydrogen) atoms. The third-order valence-electron chi connectivity index (χ3n) is 4.75. The van der Waals surface area contributed by atoms with Gasteiger partial charge in [0, 0.05) is 3.57 Å². The van der Waals surface area contributed by atoms with Crippen molar-refractivity contribution in [1.82, 2.24) is 0 Å². The van der Waals surface area contributed by atoms with Crippen LogP contribution in [0.25, 0.3) is 0 Å². The Morgan fingerprint density at radius 1 is 1.25 bits per heavy atom. The molecule has 0 amide bonds. The van der Waals surface area contributed by atoms with Crippen LogP contribution in [-0.4, -0.2) is 12.6 Å². The molecule has 0 saturated heterocycles. The van der Waals surface area contributed by atoms with E-state index >= 15 is 0 Å². The van der Waals surface area contributed by atoms with Crippen LogP contribution in [0.2, 0.25) is 10.0 Å². The van der Waals surface area contributed by atoms with E-state index in [0.717, 1.165) is 9.13 Å². The van der Waals surface area contributed by atoms with Crippen LogP contribution in [0.15, 0.2) is 59.2 Å². The molecule has 0 aliphatic carbocycles. The molecule has 166 valence electrons. The number of hydrogen-bond acceptors (Lipinski definition) is 6. The molecule has 1 heterocycles. The fourth-order valence-corrected chi connectivity index (χ4v) is 4.28. The molecule has 9 heteroatoms. The molecule has 0 aromatic heterocycles. The smallest absolute Gasteiger partial charge is 0.338 e. The topological polar surface area (TPSA) is 94.6 Å². The lowest BCUT2D eigenvalue weighted by molar-refractivity contribution is -0.139. The van der Waals surface area contributed by atoms with Gasteiger partial charge in [0.2, 0.25) is 5.88 Å². The molecule has 1 aliphatic rings. The van der Waals surface area contributed by atoms with Crippen molar-refractivity contribution in [2.24, 2.45) is 5.73 Å². The number of nitrogens with zero attached hydrogens (tertiary/aromatic N) is 1. The van der Waals surface area contributed by atoms with Gasteiger partial charge >= 0.3 is 5.97 Å². The summed E-state index contributed by atoms with van der Waals surface area (Å²) in [5.41, 5.74) is 7.61. The minimum atomic E-state index is -0.840. The normalized spacial score (nSPS) is 15.8. The highest BCUT2D eigenvalue weighted by atomic mass is 127. The number of benzene rings is 2. The fraction of sp³-hybridized carbons (Fsp3) is 0.217. The van der Waals surface area contributed by atoms with E-state index in [4.69, 9.17) is 43.1 Å². The summed E-state index contributed by atoms with van der Waals surface area (Å²) < 4.78 is 17.6. The first-order chi connectivity index (χ1) is 15.3. The summed E-state index contributed by atoms with van der Waals surface area (Å²) in [6.07, 6.45) is 0. The van der Waals surface area contributed by atoms with E-state index in [1.54, 1.807) is 26.0 Å². The van der Waals surface area contributed by atoms with Gasteiger partial charge < -0.3 is 19.9 Å². The van der Waals surface area contributed by atoms with Crippen molar-refractivity contribution in [3.8, 4) is 11.8 Å². The number of nitriles is 1. The average Bonchev–Trinajstić information content (AvgIpc) is 2.74. The molecule has 0 radical (unpaired) electrons. The highest BCUT2D eigenvalue weighted by Gasteiger charge is 2.37. The second-order valence-electron chi connectivity index (χ2n) is 6.84. The maximum Gasteiger partial charge on any atom is 0.338 e. The minimum absolute atomic E-state index is 0.0679. The van der Waals surface area contributed by atoms with Crippen LogP contribution < -0.4 is 10.5 Å². The van der Waals surface area contributed by atoms with Gasteiger partial charge in [-0.05, 0) is 71.8 Å². The number of nitrogens with two attached hydrogens (primary N) is 1. The van der Waals surface area contributed by atoms with Gasteiger partial charge in [0.15, 0.2) is 5.75 Å². The fourth-order valence-electron chi connectivity index (χ4n) is 3.31. The molecule has 1 unspecified atom stereocenters. The Morgan fingerprint density at radius 2 is 1.88 bits per heavy atom. The molecule has 2 aromatic rings. The summed E-state index contributed by atoms with van der Waals surface area (Å²) in [4.78, 5) is 12.7. The average molecular weight is 585 g/mol. The summed E-state index contributed by atoms with van der Waals surface area (Å²) in [6.45, 7) is 3.71. The Balaban J connectivity index is 1.99. The van der Waals surface area contributed by atoms with Crippen LogP contribution in [0.5, 0.6) is 5.75 Å². The SMILES string of the molecule is CCOC(=O)C1=C(C)OC(N)=C(C#N)C1c1cc(Cl)c(OCc2ccc(I)cc2)c(Cl)c1.